The van der Waals surface area contributed by atoms with Crippen LogP contribution in [0.5, 0.6) is 0 Å². The molecule has 0 aromatic heterocycles. The molecule has 0 fully saturated rings. The normalized spacial score (nSPS) is 21.6. The van der Waals surface area contributed by atoms with E-state index >= 15 is 0 Å². The fraction of sp³-hybridized carbons (Fsp3) is 0.200. The second kappa shape index (κ2) is 4.89. The summed E-state index contributed by atoms with van der Waals surface area (Å²) in [5.74, 6) is -0.272. The van der Waals surface area contributed by atoms with Gasteiger partial charge in [0.2, 0.25) is 10.0 Å². The molecule has 1 aromatic carbocycles. The van der Waals surface area contributed by atoms with Crippen LogP contribution in [0, 0.1) is 0 Å². The van der Waals surface area contributed by atoms with Crippen molar-refractivity contribution in [1.29, 1.82) is 0 Å². The predicted octanol–water partition coefficient (Wildman–Crippen LogP) is 0.620. The third-order valence-corrected chi connectivity index (χ3v) is 6.36. The second-order valence-electron chi connectivity index (χ2n) is 4.08. The molecule has 1 aromatic rings. The largest absolute Gasteiger partial charge is 0.399 e. The maximum absolute atomic E-state index is 12.1. The number of nitrogens with one attached hydrogen (secondary N) is 1. The summed E-state index contributed by atoms with van der Waals surface area (Å²) in [5, 5.41) is 1.01. The zero-order chi connectivity index (χ0) is 14.3. The molecule has 1 unspecified atom stereocenters. The molecule has 2 rings (SSSR count). The highest BCUT2D eigenvalue weighted by molar-refractivity contribution is 9.10. The Morgan fingerprint density at radius 2 is 2.05 bits per heavy atom. The molecule has 3 N–H and O–H groups in total. The number of nitrogen functional groups attached to an aromatic ring is 1. The van der Waals surface area contributed by atoms with E-state index in [1.165, 1.54) is 18.2 Å². The standard InChI is InChI=1S/C10H11BrN2O4S2/c11-9-2-1-7(12)5-10(9)19(16,17)13-8-3-4-18(14,15)6-8/h1-5,8,13H,6,12H2. The lowest BCUT2D eigenvalue weighted by atomic mass is 10.3. The number of hydrogen-bond acceptors (Lipinski definition) is 5. The van der Waals surface area contributed by atoms with E-state index in [1.54, 1.807) is 6.07 Å². The molecule has 0 aliphatic carbocycles. The van der Waals surface area contributed by atoms with Gasteiger partial charge in [0.15, 0.2) is 9.84 Å². The van der Waals surface area contributed by atoms with Crippen molar-refractivity contribution >= 4 is 41.5 Å². The lowest BCUT2D eigenvalue weighted by Crippen LogP contribution is -2.35. The van der Waals surface area contributed by atoms with Crippen molar-refractivity contribution in [1.82, 2.24) is 4.72 Å². The van der Waals surface area contributed by atoms with E-state index in [2.05, 4.69) is 20.7 Å². The van der Waals surface area contributed by atoms with Gasteiger partial charge >= 0.3 is 0 Å². The highest BCUT2D eigenvalue weighted by Gasteiger charge is 2.27. The average molecular weight is 367 g/mol. The number of hydrogen-bond donors (Lipinski definition) is 2. The Morgan fingerprint density at radius 3 is 2.63 bits per heavy atom. The van der Waals surface area contributed by atoms with Gasteiger partial charge < -0.3 is 5.73 Å². The molecule has 0 saturated heterocycles. The number of benzene rings is 1. The molecule has 6 nitrogen and oxygen atoms in total. The highest BCUT2D eigenvalue weighted by atomic mass is 79.9. The second-order valence-corrected chi connectivity index (χ2v) is 8.54. The first-order chi connectivity index (χ1) is 8.70. The summed E-state index contributed by atoms with van der Waals surface area (Å²) in [6.45, 7) is 0. The number of sulfone groups is 1. The fourth-order valence-corrected chi connectivity index (χ4v) is 5.17. The molecule has 9 heteroatoms. The van der Waals surface area contributed by atoms with Crippen LogP contribution in [-0.4, -0.2) is 28.6 Å². The topological polar surface area (TPSA) is 106 Å². The maximum atomic E-state index is 12.1. The first-order valence-corrected chi connectivity index (χ1v) is 9.17. The molecule has 19 heavy (non-hydrogen) atoms. The third-order valence-electron chi connectivity index (χ3n) is 2.48. The molecule has 1 aliphatic rings. The zero-order valence-corrected chi connectivity index (χ0v) is 12.8. The fourth-order valence-electron chi connectivity index (χ4n) is 1.64. The molecular weight excluding hydrogens is 356 g/mol. The molecule has 1 aliphatic heterocycles. The molecule has 1 atom stereocenters. The molecule has 0 amide bonds. The number of rotatable bonds is 3. The van der Waals surface area contributed by atoms with Crippen molar-refractivity contribution in [2.24, 2.45) is 0 Å². The lowest BCUT2D eigenvalue weighted by molar-refractivity contribution is 0.574. The first-order valence-electron chi connectivity index (χ1n) is 5.18. The van der Waals surface area contributed by atoms with Crippen molar-refractivity contribution in [3.8, 4) is 0 Å². The summed E-state index contributed by atoms with van der Waals surface area (Å²) in [4.78, 5) is -0.0230. The molecule has 0 spiro atoms. The van der Waals surface area contributed by atoms with E-state index in [0.29, 0.717) is 10.2 Å². The summed E-state index contributed by atoms with van der Waals surface area (Å²) >= 11 is 3.13. The van der Waals surface area contributed by atoms with E-state index in [9.17, 15) is 16.8 Å². The van der Waals surface area contributed by atoms with Crippen molar-refractivity contribution in [3.05, 3.63) is 34.2 Å². The smallest absolute Gasteiger partial charge is 0.242 e. The monoisotopic (exact) mass is 366 g/mol. The number of halogens is 1. The van der Waals surface area contributed by atoms with E-state index < -0.39 is 25.9 Å². The Bertz CT molecular complexity index is 741. The third kappa shape index (κ3) is 3.35. The lowest BCUT2D eigenvalue weighted by Gasteiger charge is -2.12. The Morgan fingerprint density at radius 1 is 1.37 bits per heavy atom. The van der Waals surface area contributed by atoms with Gasteiger partial charge in [-0.15, -0.1) is 0 Å². The average Bonchev–Trinajstić information content (AvgIpc) is 2.60. The Kier molecular flexibility index (Phi) is 3.74. The minimum absolute atomic E-state index is 0.0230. The van der Waals surface area contributed by atoms with Crippen LogP contribution in [0.4, 0.5) is 5.69 Å². The summed E-state index contributed by atoms with van der Waals surface area (Å²) in [6, 6.07) is 3.62. The zero-order valence-electron chi connectivity index (χ0n) is 9.58. The van der Waals surface area contributed by atoms with Crippen LogP contribution in [0.25, 0.3) is 0 Å². The van der Waals surface area contributed by atoms with Crippen LogP contribution in [-0.2, 0) is 19.9 Å². The van der Waals surface area contributed by atoms with Crippen LogP contribution in [0.3, 0.4) is 0 Å². The number of sulfonamides is 1. The Hall–Kier alpha value is -0.900. The van der Waals surface area contributed by atoms with Gasteiger partial charge in [0.05, 0.1) is 16.7 Å². The quantitative estimate of drug-likeness (QED) is 0.762. The van der Waals surface area contributed by atoms with Gasteiger partial charge in [-0.2, -0.15) is 0 Å². The van der Waals surface area contributed by atoms with Crippen molar-refractivity contribution < 1.29 is 16.8 Å². The molecular formula is C10H11BrN2O4S2. The summed E-state index contributed by atoms with van der Waals surface area (Å²) < 4.78 is 49.4. The van der Waals surface area contributed by atoms with Gasteiger partial charge in [-0.1, -0.05) is 6.08 Å². The molecule has 0 bridgehead atoms. The highest BCUT2D eigenvalue weighted by Crippen LogP contribution is 2.24. The minimum Gasteiger partial charge on any atom is -0.399 e. The number of nitrogens with two attached hydrogens (primary N) is 1. The molecule has 1 heterocycles. The van der Waals surface area contributed by atoms with E-state index in [0.717, 1.165) is 5.41 Å². The first kappa shape index (κ1) is 14.5. The van der Waals surface area contributed by atoms with Crippen molar-refractivity contribution in [3.63, 3.8) is 0 Å². The van der Waals surface area contributed by atoms with Gasteiger partial charge in [-0.3, -0.25) is 0 Å². The van der Waals surface area contributed by atoms with E-state index in [1.807, 2.05) is 0 Å². The molecule has 0 saturated carbocycles. The van der Waals surface area contributed by atoms with Crippen molar-refractivity contribution in [2.75, 3.05) is 11.5 Å². The SMILES string of the molecule is Nc1ccc(Br)c(S(=O)(=O)NC2C=CS(=O)(=O)C2)c1. The Labute approximate surface area is 119 Å². The predicted molar refractivity (Wildman–Crippen MR) is 75.6 cm³/mol. The summed E-state index contributed by atoms with van der Waals surface area (Å²) in [5.41, 5.74) is 5.86. The van der Waals surface area contributed by atoms with Crippen molar-refractivity contribution in [2.45, 2.75) is 10.9 Å². The van der Waals surface area contributed by atoms with Gasteiger partial charge in [0.25, 0.3) is 0 Å². The van der Waals surface area contributed by atoms with Gasteiger partial charge in [-0.05, 0) is 34.1 Å². The van der Waals surface area contributed by atoms with Gasteiger partial charge in [-0.25, -0.2) is 21.6 Å². The van der Waals surface area contributed by atoms with E-state index in [4.69, 9.17) is 5.73 Å². The van der Waals surface area contributed by atoms with Crippen LogP contribution in [0.1, 0.15) is 0 Å². The maximum Gasteiger partial charge on any atom is 0.242 e. The van der Waals surface area contributed by atoms with Crippen LogP contribution in [0.15, 0.2) is 39.1 Å². The Balaban J connectivity index is 2.29. The van der Waals surface area contributed by atoms with Gasteiger partial charge in [0, 0.05) is 15.6 Å². The van der Waals surface area contributed by atoms with Gasteiger partial charge in [0.1, 0.15) is 0 Å². The molecule has 0 radical (unpaired) electrons. The van der Waals surface area contributed by atoms with E-state index in [-0.39, 0.29) is 10.6 Å². The van der Waals surface area contributed by atoms with Crippen LogP contribution >= 0.6 is 15.9 Å². The number of anilines is 1. The van der Waals surface area contributed by atoms with Crippen LogP contribution < -0.4 is 10.5 Å². The summed E-state index contributed by atoms with van der Waals surface area (Å²) in [6.07, 6.45) is 1.31. The summed E-state index contributed by atoms with van der Waals surface area (Å²) in [7, 11) is -7.15. The minimum atomic E-state index is -3.84. The molecule has 104 valence electrons. The van der Waals surface area contributed by atoms with Crippen LogP contribution in [0.2, 0.25) is 0 Å².